The lowest BCUT2D eigenvalue weighted by Gasteiger charge is -2.01. The molecular formula is C15H9O3. The fourth-order valence-corrected chi connectivity index (χ4v) is 1.90. The molecule has 0 aliphatic heterocycles. The Hall–Kier alpha value is -2.42. The van der Waals surface area contributed by atoms with Gasteiger partial charge in [-0.1, -0.05) is 36.4 Å². The molecule has 0 atom stereocenters. The van der Waals surface area contributed by atoms with Gasteiger partial charge in [-0.25, -0.2) is 4.79 Å². The molecule has 3 rings (SSSR count). The van der Waals surface area contributed by atoms with Crippen molar-refractivity contribution in [2.45, 2.75) is 0 Å². The van der Waals surface area contributed by atoms with E-state index in [0.29, 0.717) is 11.2 Å². The Bertz CT molecular complexity index is 748. The second-order valence-electron chi connectivity index (χ2n) is 3.99. The fraction of sp³-hybridized carbons (Fsp3) is 0. The van der Waals surface area contributed by atoms with Crippen LogP contribution in [0.25, 0.3) is 11.0 Å². The summed E-state index contributed by atoms with van der Waals surface area (Å²) in [7, 11) is 0. The molecule has 0 saturated heterocycles. The van der Waals surface area contributed by atoms with Crippen molar-refractivity contribution in [3.8, 4) is 0 Å². The third-order valence-corrected chi connectivity index (χ3v) is 2.81. The van der Waals surface area contributed by atoms with E-state index in [-0.39, 0.29) is 11.3 Å². The van der Waals surface area contributed by atoms with Crippen molar-refractivity contribution in [2.75, 3.05) is 0 Å². The molecule has 0 bridgehead atoms. The molecule has 0 unspecified atom stereocenters. The van der Waals surface area contributed by atoms with E-state index >= 15 is 0 Å². The van der Waals surface area contributed by atoms with Crippen LogP contribution in [0.1, 0.15) is 10.4 Å². The maximum atomic E-state index is 12.1. The molecule has 1 aromatic carbocycles. The molecule has 0 fully saturated rings. The fourth-order valence-electron chi connectivity index (χ4n) is 1.90. The number of Topliss-reactive ketones (excluding diaryl/α,β-unsaturated/α-hetero) is 1. The second-order valence-corrected chi connectivity index (χ2v) is 3.99. The van der Waals surface area contributed by atoms with E-state index in [1.807, 2.05) is 6.07 Å². The van der Waals surface area contributed by atoms with Gasteiger partial charge in [0.05, 0.1) is 0 Å². The van der Waals surface area contributed by atoms with Crippen LogP contribution in [-0.4, -0.2) is 5.78 Å². The summed E-state index contributed by atoms with van der Waals surface area (Å²) < 4.78 is 5.14. The van der Waals surface area contributed by atoms with Gasteiger partial charge in [0.15, 0.2) is 5.78 Å². The highest BCUT2D eigenvalue weighted by atomic mass is 16.4. The molecule has 3 heteroatoms. The topological polar surface area (TPSA) is 47.3 Å². The lowest BCUT2D eigenvalue weighted by Crippen LogP contribution is -2.14. The smallest absolute Gasteiger partial charge is 0.347 e. The van der Waals surface area contributed by atoms with Crippen molar-refractivity contribution in [3.63, 3.8) is 0 Å². The third-order valence-electron chi connectivity index (χ3n) is 2.81. The van der Waals surface area contributed by atoms with E-state index in [1.165, 1.54) is 0 Å². The number of hydrogen-bond donors (Lipinski definition) is 0. The first kappa shape index (κ1) is 10.7. The highest BCUT2D eigenvalue weighted by Gasteiger charge is 2.17. The molecule has 0 amide bonds. The minimum Gasteiger partial charge on any atom is -0.422 e. The molecule has 0 N–H and O–H groups in total. The van der Waals surface area contributed by atoms with Gasteiger partial charge in [0.1, 0.15) is 11.1 Å². The highest BCUT2D eigenvalue weighted by Crippen LogP contribution is 2.17. The Morgan fingerprint density at radius 2 is 2.00 bits per heavy atom. The summed E-state index contributed by atoms with van der Waals surface area (Å²) >= 11 is 0. The largest absolute Gasteiger partial charge is 0.422 e. The standard InChI is InChI=1S/C15H9O3/c16-14(10-5-1-2-6-10)12-9-11-7-3-4-8-13(11)18-15(12)17/h1-9H. The number of fused-ring (bicyclic) bond motifs is 1. The molecule has 0 saturated carbocycles. The van der Waals surface area contributed by atoms with Crippen LogP contribution in [0, 0.1) is 6.42 Å². The van der Waals surface area contributed by atoms with E-state index in [0.717, 1.165) is 5.39 Å². The highest BCUT2D eigenvalue weighted by molar-refractivity contribution is 6.11. The molecule has 2 aromatic rings. The summed E-state index contributed by atoms with van der Waals surface area (Å²) in [5, 5.41) is 0.743. The maximum Gasteiger partial charge on any atom is 0.347 e. The van der Waals surface area contributed by atoms with Crippen LogP contribution in [0.2, 0.25) is 0 Å². The summed E-state index contributed by atoms with van der Waals surface area (Å²) in [4.78, 5) is 23.9. The average Bonchev–Trinajstić information content (AvgIpc) is 2.91. The van der Waals surface area contributed by atoms with Crippen LogP contribution >= 0.6 is 0 Å². The molecule has 1 aliphatic rings. The summed E-state index contributed by atoms with van der Waals surface area (Å²) in [6, 6.07) is 8.70. The Labute approximate surface area is 103 Å². The Balaban J connectivity index is 2.17. The quantitative estimate of drug-likeness (QED) is 0.596. The van der Waals surface area contributed by atoms with Crippen LogP contribution in [-0.2, 0) is 0 Å². The van der Waals surface area contributed by atoms with Gasteiger partial charge in [-0.3, -0.25) is 4.79 Å². The van der Waals surface area contributed by atoms with Gasteiger partial charge < -0.3 is 4.42 Å². The Morgan fingerprint density at radius 3 is 2.78 bits per heavy atom. The van der Waals surface area contributed by atoms with Crippen LogP contribution in [0.4, 0.5) is 0 Å². The summed E-state index contributed by atoms with van der Waals surface area (Å²) in [6.45, 7) is 0. The number of carbonyl (C=O) groups is 1. The number of hydrogen-bond acceptors (Lipinski definition) is 3. The molecule has 1 radical (unpaired) electrons. The van der Waals surface area contributed by atoms with Crippen LogP contribution in [0.15, 0.2) is 63.3 Å². The molecule has 18 heavy (non-hydrogen) atoms. The van der Waals surface area contributed by atoms with E-state index in [9.17, 15) is 9.59 Å². The first-order valence-corrected chi connectivity index (χ1v) is 5.55. The van der Waals surface area contributed by atoms with Crippen LogP contribution < -0.4 is 5.63 Å². The Morgan fingerprint density at radius 1 is 1.17 bits per heavy atom. The van der Waals surface area contributed by atoms with E-state index < -0.39 is 5.63 Å². The van der Waals surface area contributed by atoms with Crippen molar-refractivity contribution in [2.24, 2.45) is 0 Å². The maximum absolute atomic E-state index is 12.1. The first-order valence-electron chi connectivity index (χ1n) is 5.55. The minimum atomic E-state index is -0.597. The monoisotopic (exact) mass is 237 g/mol. The van der Waals surface area contributed by atoms with Crippen LogP contribution in [0.3, 0.4) is 0 Å². The van der Waals surface area contributed by atoms with Crippen molar-refractivity contribution in [3.05, 3.63) is 76.5 Å². The SMILES string of the molecule is O=C(C1=C[CH]C=C1)c1cc2ccccc2oc1=O. The first-order chi connectivity index (χ1) is 8.75. The van der Waals surface area contributed by atoms with Crippen molar-refractivity contribution in [1.29, 1.82) is 0 Å². The molecule has 1 aliphatic carbocycles. The zero-order valence-corrected chi connectivity index (χ0v) is 9.42. The van der Waals surface area contributed by atoms with Gasteiger partial charge in [-0.15, -0.1) is 0 Å². The number of benzene rings is 1. The number of carbonyl (C=O) groups excluding carboxylic acids is 1. The number of allylic oxidation sites excluding steroid dienone is 4. The normalized spacial score (nSPS) is 13.9. The minimum absolute atomic E-state index is 0.0694. The zero-order chi connectivity index (χ0) is 12.5. The van der Waals surface area contributed by atoms with Crippen molar-refractivity contribution < 1.29 is 9.21 Å². The van der Waals surface area contributed by atoms with E-state index in [1.54, 1.807) is 48.9 Å². The van der Waals surface area contributed by atoms with Gasteiger partial charge in [0.25, 0.3) is 0 Å². The van der Waals surface area contributed by atoms with Gasteiger partial charge >= 0.3 is 5.63 Å². The number of ketones is 1. The van der Waals surface area contributed by atoms with Crippen molar-refractivity contribution >= 4 is 16.8 Å². The number of rotatable bonds is 2. The van der Waals surface area contributed by atoms with Crippen LogP contribution in [0.5, 0.6) is 0 Å². The van der Waals surface area contributed by atoms with Gasteiger partial charge in [-0.05, 0) is 12.1 Å². The molecule has 0 spiro atoms. The zero-order valence-electron chi connectivity index (χ0n) is 9.42. The van der Waals surface area contributed by atoms with Gasteiger partial charge in [0.2, 0.25) is 0 Å². The molecule has 3 nitrogen and oxygen atoms in total. The summed E-state index contributed by atoms with van der Waals surface area (Å²) in [5.41, 5.74) is 0.457. The predicted molar refractivity (Wildman–Crippen MR) is 68.3 cm³/mol. The molecule has 1 aromatic heterocycles. The van der Waals surface area contributed by atoms with Crippen molar-refractivity contribution in [1.82, 2.24) is 0 Å². The molecule has 1 heterocycles. The summed E-state index contributed by atoms with van der Waals surface area (Å²) in [6.07, 6.45) is 6.87. The average molecular weight is 237 g/mol. The lowest BCUT2D eigenvalue weighted by molar-refractivity contribution is 0.103. The van der Waals surface area contributed by atoms with Gasteiger partial charge in [-0.2, -0.15) is 0 Å². The molecular weight excluding hydrogens is 228 g/mol. The lowest BCUT2D eigenvalue weighted by atomic mass is 10.0. The third kappa shape index (κ3) is 1.70. The van der Waals surface area contributed by atoms with Gasteiger partial charge in [0, 0.05) is 17.4 Å². The number of para-hydroxylation sites is 1. The van der Waals surface area contributed by atoms with E-state index in [4.69, 9.17) is 4.42 Å². The molecule has 87 valence electrons. The predicted octanol–water partition coefficient (Wildman–Crippen LogP) is 2.68. The Kier molecular flexibility index (Phi) is 2.45. The van der Waals surface area contributed by atoms with E-state index in [2.05, 4.69) is 0 Å². The summed E-state index contributed by atoms with van der Waals surface area (Å²) in [5.74, 6) is -0.306. The second kappa shape index (κ2) is 4.11.